The van der Waals surface area contributed by atoms with Crippen molar-refractivity contribution in [2.45, 2.75) is 44.8 Å². The Kier molecular flexibility index (Phi) is 16.4. The van der Waals surface area contributed by atoms with E-state index in [4.69, 9.17) is 28.2 Å². The predicted molar refractivity (Wildman–Crippen MR) is 289 cm³/mol. The number of nitro groups is 2. The average molecular weight is 1200 g/mol. The predicted octanol–water partition coefficient (Wildman–Crippen LogP) is 3.10. The summed E-state index contributed by atoms with van der Waals surface area (Å²) >= 11 is 0. The summed E-state index contributed by atoms with van der Waals surface area (Å²) < 4.78 is 80.1. The number of nitro benzene ring substituents is 2. The number of hydroxylamine groups is 2. The number of carbonyl (C=O) groups excluding carboxylic acids is 8. The molecule has 5 aromatic carbocycles. The Morgan fingerprint density at radius 1 is 0.651 bits per heavy atom. The van der Waals surface area contributed by atoms with E-state index in [2.05, 4.69) is 10.6 Å². The van der Waals surface area contributed by atoms with Gasteiger partial charge in [0.2, 0.25) is 0 Å². The van der Waals surface area contributed by atoms with Crippen LogP contribution in [0.2, 0.25) is 13.1 Å². The Balaban J connectivity index is 1.14. The number of imide groups is 1. The highest BCUT2D eigenvalue weighted by Crippen LogP contribution is 2.50. The molecule has 3 heterocycles. The van der Waals surface area contributed by atoms with E-state index in [1.807, 2.05) is 13.1 Å². The van der Waals surface area contributed by atoms with E-state index in [0.717, 1.165) is 46.2 Å². The number of benzene rings is 5. The maximum atomic E-state index is 14.1. The molecule has 5 aromatic rings. The lowest BCUT2D eigenvalue weighted by Crippen LogP contribution is -2.63. The van der Waals surface area contributed by atoms with Gasteiger partial charge in [-0.15, -0.1) is 5.06 Å². The van der Waals surface area contributed by atoms with Gasteiger partial charge in [-0.1, -0.05) is 25.2 Å². The number of hydrogen-bond acceptors (Lipinski definition) is 20. The number of nitrogens with one attached hydrogen (secondary N) is 2. The van der Waals surface area contributed by atoms with Crippen LogP contribution in [0.1, 0.15) is 82.1 Å². The van der Waals surface area contributed by atoms with Crippen molar-refractivity contribution in [3.63, 3.8) is 0 Å². The summed E-state index contributed by atoms with van der Waals surface area (Å²) in [5.41, 5.74) is -2.81. The summed E-state index contributed by atoms with van der Waals surface area (Å²) in [6.07, 6.45) is -2.49. The van der Waals surface area contributed by atoms with Crippen molar-refractivity contribution in [2.75, 3.05) is 48.5 Å². The number of rotatable bonds is 18. The van der Waals surface area contributed by atoms with Gasteiger partial charge in [0.1, 0.15) is 21.3 Å². The zero-order chi connectivity index (χ0) is 60.7. The maximum absolute atomic E-state index is 14.1. The van der Waals surface area contributed by atoms with Crippen molar-refractivity contribution in [1.82, 2.24) is 15.7 Å². The van der Waals surface area contributed by atoms with Crippen LogP contribution in [0.15, 0.2) is 91.0 Å². The maximum Gasteiger partial charge on any atom is 0.414 e. The van der Waals surface area contributed by atoms with Gasteiger partial charge in [0, 0.05) is 91.4 Å². The van der Waals surface area contributed by atoms with Gasteiger partial charge in [-0.3, -0.25) is 58.3 Å². The first-order valence-electron chi connectivity index (χ1n) is 24.5. The lowest BCUT2D eigenvalue weighted by Gasteiger charge is -2.44. The molecule has 0 saturated carbocycles. The molecule has 1 fully saturated rings. The Morgan fingerprint density at radius 2 is 1.08 bits per heavy atom. The molecular formula is C51H47N7O22S2Si. The minimum absolute atomic E-state index is 0.00908. The van der Waals surface area contributed by atoms with Gasteiger partial charge in [0.05, 0.1) is 43.6 Å². The summed E-state index contributed by atoms with van der Waals surface area (Å²) in [4.78, 5) is 136. The third kappa shape index (κ3) is 12.3. The minimum Gasteiger partial charge on any atom is -0.444 e. The van der Waals surface area contributed by atoms with Crippen LogP contribution in [-0.2, 0) is 67.7 Å². The minimum atomic E-state index is -4.43. The molecule has 6 amide bonds. The number of carbonyl (C=O) groups is 8. The highest BCUT2D eigenvalue weighted by Gasteiger charge is 2.56. The molecule has 32 heteroatoms. The van der Waals surface area contributed by atoms with Gasteiger partial charge in [-0.05, 0) is 77.1 Å². The standard InChI is InChI=1S/C51H47N7O22S2Si/c1-54(49(65)77-26-31-21-28(6-13-39(31)57(67)68)45(61)52-17-19-81(71,72)73)33-8-11-36-41(24-33)83(3,4)42-25-34(55(2)50(66)78-27-32-22-29(7-14-40(32)58(69)70)46(62)53-18-20-82(74,75)76)9-12-37(42)51(36)38-23-30(5-10-35(38)48(64)79-51)47(63)80-56-43(59)15-16-44(56)60/h5-14,21-25H,15-20,26-27H2,1-4H3,(H,52,61)(H,53,62)(H,71,72,73)(H,74,75,76). The fraction of sp³-hybridized carbons (Fsp3) is 0.255. The number of nitrogens with zero attached hydrogens (tertiary/aromatic N) is 5. The molecule has 29 nitrogen and oxygen atoms in total. The van der Waals surface area contributed by atoms with E-state index in [0.29, 0.717) is 26.6 Å². The second-order valence-electron chi connectivity index (χ2n) is 19.4. The zero-order valence-corrected chi connectivity index (χ0v) is 46.6. The second kappa shape index (κ2) is 22.8. The highest BCUT2D eigenvalue weighted by molar-refractivity contribution is 7.86. The number of hydrogen-bond donors (Lipinski definition) is 4. The smallest absolute Gasteiger partial charge is 0.414 e. The number of esters is 1. The van der Waals surface area contributed by atoms with Gasteiger partial charge in [-0.25, -0.2) is 19.2 Å². The third-order valence-electron chi connectivity index (χ3n) is 13.8. The molecule has 3 aliphatic rings. The number of ether oxygens (including phenoxy) is 3. The van der Waals surface area contributed by atoms with Crippen molar-refractivity contribution in [3.05, 3.63) is 161 Å². The highest BCUT2D eigenvalue weighted by atomic mass is 32.2. The lowest BCUT2D eigenvalue weighted by molar-refractivity contribution is -0.386. The molecule has 0 atom stereocenters. The van der Waals surface area contributed by atoms with Crippen molar-refractivity contribution in [1.29, 1.82) is 0 Å². The van der Waals surface area contributed by atoms with Crippen LogP contribution in [0.4, 0.5) is 32.3 Å². The molecule has 0 aliphatic carbocycles. The zero-order valence-electron chi connectivity index (χ0n) is 43.9. The quantitative estimate of drug-likeness (QED) is 0.0186. The fourth-order valence-corrected chi connectivity index (χ4v) is 13.4. The van der Waals surface area contributed by atoms with Crippen LogP contribution in [0, 0.1) is 20.2 Å². The lowest BCUT2D eigenvalue weighted by atomic mass is 9.78. The summed E-state index contributed by atoms with van der Waals surface area (Å²) in [5, 5.41) is 29.9. The van der Waals surface area contributed by atoms with Gasteiger partial charge < -0.3 is 29.7 Å². The SMILES string of the molecule is CN(C(=O)OCc1cc(C(=O)NCCS(=O)(=O)O)ccc1[N+](=O)[O-])c1ccc2c(c1)[Si](C)(C)c1cc(N(C)C(=O)OCc3cc(C(=O)NCCS(=O)(=O)O)ccc3[N+](=O)[O-])ccc1C21OC(=O)c2ccc(C(=O)ON3C(=O)CCC3=O)cc21. The summed E-state index contributed by atoms with van der Waals surface area (Å²) in [6.45, 7) is 1.32. The van der Waals surface area contributed by atoms with Gasteiger partial charge in [0.15, 0.2) is 5.60 Å². The number of fused-ring (bicyclic) bond motifs is 6. The van der Waals surface area contributed by atoms with Crippen LogP contribution >= 0.6 is 0 Å². The molecule has 0 aromatic heterocycles. The molecule has 3 aliphatic heterocycles. The molecule has 434 valence electrons. The van der Waals surface area contributed by atoms with Crippen LogP contribution in [0.3, 0.4) is 0 Å². The fourth-order valence-electron chi connectivity index (χ4n) is 9.52. The van der Waals surface area contributed by atoms with E-state index in [1.54, 1.807) is 24.3 Å². The molecule has 0 unspecified atom stereocenters. The summed E-state index contributed by atoms with van der Waals surface area (Å²) in [6, 6.07) is 19.5. The van der Waals surface area contributed by atoms with Crippen molar-refractivity contribution in [3.8, 4) is 0 Å². The van der Waals surface area contributed by atoms with E-state index in [9.17, 15) is 75.4 Å². The number of amides is 6. The van der Waals surface area contributed by atoms with E-state index in [-0.39, 0.29) is 63.2 Å². The van der Waals surface area contributed by atoms with Crippen LogP contribution in [0.5, 0.6) is 0 Å². The van der Waals surface area contributed by atoms with Crippen LogP contribution < -0.4 is 30.8 Å². The topological polar surface area (TPSA) is 402 Å². The van der Waals surface area contributed by atoms with Crippen LogP contribution in [0.25, 0.3) is 0 Å². The van der Waals surface area contributed by atoms with E-state index < -0.39 is 141 Å². The molecule has 0 radical (unpaired) electrons. The van der Waals surface area contributed by atoms with Crippen LogP contribution in [-0.4, -0.2) is 135 Å². The Bertz CT molecular complexity index is 3690. The molecule has 0 bridgehead atoms. The van der Waals surface area contributed by atoms with Gasteiger partial charge in [0.25, 0.3) is 55.2 Å². The van der Waals surface area contributed by atoms with Crippen molar-refractivity contribution >= 4 is 109 Å². The largest absolute Gasteiger partial charge is 0.444 e. The normalized spacial score (nSPS) is 14.6. The summed E-state index contributed by atoms with van der Waals surface area (Å²) in [5.74, 6) is -6.82. The monoisotopic (exact) mass is 1200 g/mol. The van der Waals surface area contributed by atoms with Gasteiger partial charge in [-0.2, -0.15) is 16.8 Å². The van der Waals surface area contributed by atoms with Crippen molar-refractivity contribution < 1.29 is 93.2 Å². The summed E-state index contributed by atoms with van der Waals surface area (Å²) in [7, 11) is -9.49. The first kappa shape index (κ1) is 59.6. The molecular weight excluding hydrogens is 1150 g/mol. The Labute approximate surface area is 470 Å². The first-order chi connectivity index (χ1) is 38.9. The molecule has 4 N–H and O–H groups in total. The van der Waals surface area contributed by atoms with E-state index >= 15 is 0 Å². The van der Waals surface area contributed by atoms with E-state index in [1.165, 1.54) is 44.4 Å². The molecule has 83 heavy (non-hydrogen) atoms. The Hall–Kier alpha value is -9.50. The molecule has 1 saturated heterocycles. The third-order valence-corrected chi connectivity index (χ3v) is 18.7. The molecule has 1 spiro atoms. The van der Waals surface area contributed by atoms with Crippen molar-refractivity contribution in [2.24, 2.45) is 0 Å². The average Bonchev–Trinajstić information content (AvgIpc) is 1.72. The number of anilines is 2. The van der Waals surface area contributed by atoms with Gasteiger partial charge >= 0.3 is 24.1 Å². The second-order valence-corrected chi connectivity index (χ2v) is 26.9. The Morgan fingerprint density at radius 3 is 1.51 bits per heavy atom. The first-order valence-corrected chi connectivity index (χ1v) is 30.7. The molecule has 8 rings (SSSR count).